The molecule has 1 fully saturated rings. The van der Waals surface area contributed by atoms with Crippen LogP contribution in [0.2, 0.25) is 0 Å². The Bertz CT molecular complexity index is 709. The number of fused-ring (bicyclic) bond motifs is 1. The third kappa shape index (κ3) is 3.07. The first-order valence-corrected chi connectivity index (χ1v) is 9.43. The Morgan fingerprint density at radius 3 is 2.57 bits per heavy atom. The molecule has 2 heterocycles. The molecule has 6 nitrogen and oxygen atoms in total. The Morgan fingerprint density at radius 1 is 1.22 bits per heavy atom. The number of piperidine rings is 1. The lowest BCUT2D eigenvalue weighted by Gasteiger charge is -2.37. The molecule has 0 radical (unpaired) electrons. The van der Waals surface area contributed by atoms with E-state index in [1.165, 1.54) is 10.4 Å². The average molecular weight is 338 g/mol. The summed E-state index contributed by atoms with van der Waals surface area (Å²) in [7, 11) is -3.54. The monoisotopic (exact) mass is 338 g/mol. The van der Waals surface area contributed by atoms with Crippen LogP contribution in [0, 0.1) is 5.92 Å². The Hall–Kier alpha value is -1.60. The van der Waals surface area contributed by atoms with Gasteiger partial charge >= 0.3 is 16.2 Å². The minimum absolute atomic E-state index is 0.204. The van der Waals surface area contributed by atoms with E-state index < -0.39 is 16.2 Å². The van der Waals surface area contributed by atoms with Gasteiger partial charge in [-0.25, -0.2) is 4.79 Å². The highest BCUT2D eigenvalue weighted by molar-refractivity contribution is 7.90. The van der Waals surface area contributed by atoms with Gasteiger partial charge < -0.3 is 5.11 Å². The summed E-state index contributed by atoms with van der Waals surface area (Å²) in [5.41, 5.74) is 1.62. The number of hydrogen-bond acceptors (Lipinski definition) is 3. The second-order valence-electron chi connectivity index (χ2n) is 6.41. The first-order valence-electron chi connectivity index (χ1n) is 8.03. The summed E-state index contributed by atoms with van der Waals surface area (Å²) in [5.74, 6) is -0.425. The molecule has 1 aromatic rings. The highest BCUT2D eigenvalue weighted by Gasteiger charge is 2.34. The maximum Gasteiger partial charge on any atom is 0.335 e. The highest BCUT2D eigenvalue weighted by Crippen LogP contribution is 2.32. The first-order chi connectivity index (χ1) is 10.9. The van der Waals surface area contributed by atoms with Gasteiger partial charge in [-0.05, 0) is 55.4 Å². The van der Waals surface area contributed by atoms with E-state index in [0.717, 1.165) is 18.4 Å². The zero-order valence-electron chi connectivity index (χ0n) is 13.2. The summed E-state index contributed by atoms with van der Waals surface area (Å²) >= 11 is 0. The quantitative estimate of drug-likeness (QED) is 0.916. The van der Waals surface area contributed by atoms with Crippen LogP contribution in [0.4, 0.5) is 5.69 Å². The number of rotatable bonds is 3. The van der Waals surface area contributed by atoms with Crippen molar-refractivity contribution in [2.24, 2.45) is 5.92 Å². The fraction of sp³-hybridized carbons (Fsp3) is 0.562. The minimum atomic E-state index is -3.54. The van der Waals surface area contributed by atoms with Gasteiger partial charge in [0.1, 0.15) is 0 Å². The SMILES string of the molecule is CC1CCN(S(=O)(=O)N2CCCc3cc(C(=O)O)ccc32)CC1. The summed E-state index contributed by atoms with van der Waals surface area (Å²) in [6.07, 6.45) is 3.19. The lowest BCUT2D eigenvalue weighted by Crippen LogP contribution is -2.48. The largest absolute Gasteiger partial charge is 0.478 e. The Balaban J connectivity index is 1.91. The van der Waals surface area contributed by atoms with E-state index in [1.54, 1.807) is 16.4 Å². The minimum Gasteiger partial charge on any atom is -0.478 e. The first kappa shape index (κ1) is 16.3. The van der Waals surface area contributed by atoms with Crippen LogP contribution < -0.4 is 4.31 Å². The molecule has 23 heavy (non-hydrogen) atoms. The van der Waals surface area contributed by atoms with Crippen LogP contribution in [0.5, 0.6) is 0 Å². The van der Waals surface area contributed by atoms with Gasteiger partial charge in [-0.1, -0.05) is 6.92 Å². The predicted molar refractivity (Wildman–Crippen MR) is 88.0 cm³/mol. The number of aromatic carboxylic acids is 1. The van der Waals surface area contributed by atoms with E-state index in [-0.39, 0.29) is 5.56 Å². The maximum absolute atomic E-state index is 13.0. The Kier molecular flexibility index (Phi) is 4.33. The van der Waals surface area contributed by atoms with Crippen LogP contribution in [-0.2, 0) is 16.6 Å². The van der Waals surface area contributed by atoms with Gasteiger partial charge in [0.05, 0.1) is 11.3 Å². The van der Waals surface area contributed by atoms with Crippen molar-refractivity contribution in [1.82, 2.24) is 4.31 Å². The molecule has 2 aliphatic heterocycles. The number of anilines is 1. The van der Waals surface area contributed by atoms with E-state index in [2.05, 4.69) is 6.92 Å². The van der Waals surface area contributed by atoms with Crippen LogP contribution in [0.15, 0.2) is 18.2 Å². The normalized spacial score (nSPS) is 20.3. The number of aryl methyl sites for hydroxylation is 1. The Morgan fingerprint density at radius 2 is 1.91 bits per heavy atom. The van der Waals surface area contributed by atoms with Gasteiger partial charge in [0.2, 0.25) is 0 Å². The zero-order valence-corrected chi connectivity index (χ0v) is 14.1. The van der Waals surface area contributed by atoms with Crippen molar-refractivity contribution in [3.63, 3.8) is 0 Å². The predicted octanol–water partition coefficient (Wildman–Crippen LogP) is 2.11. The molecule has 7 heteroatoms. The summed E-state index contributed by atoms with van der Waals surface area (Å²) in [4.78, 5) is 11.1. The summed E-state index contributed by atoms with van der Waals surface area (Å²) < 4.78 is 28.9. The zero-order chi connectivity index (χ0) is 16.6. The van der Waals surface area contributed by atoms with E-state index in [4.69, 9.17) is 5.11 Å². The van der Waals surface area contributed by atoms with Crippen LogP contribution in [0.1, 0.15) is 42.1 Å². The van der Waals surface area contributed by atoms with Crippen LogP contribution in [-0.4, -0.2) is 43.4 Å². The standard InChI is InChI=1S/C16H22N2O4S/c1-12-6-9-17(10-7-12)23(21,22)18-8-2-3-13-11-14(16(19)20)4-5-15(13)18/h4-5,11-12H,2-3,6-10H2,1H3,(H,19,20). The second-order valence-corrected chi connectivity index (χ2v) is 8.27. The number of carboxylic acid groups (broad SMARTS) is 1. The molecular weight excluding hydrogens is 316 g/mol. The molecule has 1 saturated heterocycles. The number of hydrogen-bond donors (Lipinski definition) is 1. The third-order valence-electron chi connectivity index (χ3n) is 4.75. The number of carboxylic acids is 1. The van der Waals surface area contributed by atoms with Crippen molar-refractivity contribution in [3.8, 4) is 0 Å². The number of benzene rings is 1. The van der Waals surface area contributed by atoms with Crippen molar-refractivity contribution >= 4 is 21.9 Å². The maximum atomic E-state index is 13.0. The van der Waals surface area contributed by atoms with Gasteiger partial charge in [0, 0.05) is 19.6 Å². The number of nitrogens with zero attached hydrogens (tertiary/aromatic N) is 2. The van der Waals surface area contributed by atoms with E-state index in [9.17, 15) is 13.2 Å². The number of carbonyl (C=O) groups is 1. The van der Waals surface area contributed by atoms with Gasteiger partial charge in [0.15, 0.2) is 0 Å². The van der Waals surface area contributed by atoms with Crippen LogP contribution >= 0.6 is 0 Å². The molecule has 0 saturated carbocycles. The van der Waals surface area contributed by atoms with E-state index in [0.29, 0.717) is 44.1 Å². The third-order valence-corrected chi connectivity index (χ3v) is 6.70. The van der Waals surface area contributed by atoms with E-state index >= 15 is 0 Å². The Labute approximate surface area is 136 Å². The van der Waals surface area contributed by atoms with Crippen molar-refractivity contribution in [1.29, 1.82) is 0 Å². The average Bonchev–Trinajstić information content (AvgIpc) is 2.54. The molecule has 3 rings (SSSR count). The van der Waals surface area contributed by atoms with Gasteiger partial charge in [0.25, 0.3) is 0 Å². The molecule has 0 unspecified atom stereocenters. The lowest BCUT2D eigenvalue weighted by molar-refractivity contribution is 0.0696. The van der Waals surface area contributed by atoms with Crippen molar-refractivity contribution in [3.05, 3.63) is 29.3 Å². The van der Waals surface area contributed by atoms with Crippen molar-refractivity contribution < 1.29 is 18.3 Å². The summed E-state index contributed by atoms with van der Waals surface area (Å²) in [5, 5.41) is 9.10. The molecule has 0 amide bonds. The van der Waals surface area contributed by atoms with Gasteiger partial charge in [-0.2, -0.15) is 12.7 Å². The second kappa shape index (κ2) is 6.13. The molecule has 0 aliphatic carbocycles. The molecular formula is C16H22N2O4S. The molecule has 0 atom stereocenters. The van der Waals surface area contributed by atoms with Gasteiger partial charge in [-0.15, -0.1) is 0 Å². The van der Waals surface area contributed by atoms with Crippen LogP contribution in [0.25, 0.3) is 0 Å². The molecule has 126 valence electrons. The van der Waals surface area contributed by atoms with Crippen LogP contribution in [0.3, 0.4) is 0 Å². The molecule has 2 aliphatic rings. The van der Waals surface area contributed by atoms with Crippen molar-refractivity contribution in [2.45, 2.75) is 32.6 Å². The molecule has 0 bridgehead atoms. The smallest absolute Gasteiger partial charge is 0.335 e. The highest BCUT2D eigenvalue weighted by atomic mass is 32.2. The molecule has 1 N–H and O–H groups in total. The summed E-state index contributed by atoms with van der Waals surface area (Å²) in [6, 6.07) is 4.70. The topological polar surface area (TPSA) is 77.9 Å². The molecule has 0 aromatic heterocycles. The molecule has 0 spiro atoms. The molecule has 1 aromatic carbocycles. The van der Waals surface area contributed by atoms with Crippen molar-refractivity contribution in [2.75, 3.05) is 23.9 Å². The fourth-order valence-corrected chi connectivity index (χ4v) is 5.03. The fourth-order valence-electron chi connectivity index (χ4n) is 3.29. The summed E-state index contributed by atoms with van der Waals surface area (Å²) in [6.45, 7) is 3.71. The van der Waals surface area contributed by atoms with E-state index in [1.807, 2.05) is 0 Å². The lowest BCUT2D eigenvalue weighted by atomic mass is 10.0. The van der Waals surface area contributed by atoms with Gasteiger partial charge in [-0.3, -0.25) is 4.31 Å².